The van der Waals surface area contributed by atoms with Crippen molar-refractivity contribution < 1.29 is 23.0 Å². The number of esters is 1. The van der Waals surface area contributed by atoms with E-state index in [0.717, 1.165) is 5.56 Å². The highest BCUT2D eigenvalue weighted by Crippen LogP contribution is 2.16. The normalized spacial score (nSPS) is 11.2. The van der Waals surface area contributed by atoms with Crippen LogP contribution in [0.2, 0.25) is 0 Å². The number of hydrogen-bond donors (Lipinski definition) is 0. The number of ether oxygens (including phenoxy) is 2. The molecule has 0 radical (unpaired) electrons. The summed E-state index contributed by atoms with van der Waals surface area (Å²) in [5.41, 5.74) is 0.771. The van der Waals surface area contributed by atoms with Gasteiger partial charge in [-0.25, -0.2) is 4.79 Å². The van der Waals surface area contributed by atoms with E-state index in [1.807, 2.05) is 6.07 Å². The summed E-state index contributed by atoms with van der Waals surface area (Å²) >= 11 is 0. The van der Waals surface area contributed by atoms with Gasteiger partial charge in [0.05, 0.1) is 13.2 Å². The topological polar surface area (TPSA) is 35.5 Å². The molecule has 0 spiro atoms. The first-order valence-corrected chi connectivity index (χ1v) is 5.23. The van der Waals surface area contributed by atoms with Crippen LogP contribution >= 0.6 is 0 Å². The first-order valence-electron chi connectivity index (χ1n) is 5.23. The van der Waals surface area contributed by atoms with E-state index >= 15 is 0 Å². The number of benzene rings is 1. The first kappa shape index (κ1) is 13.6. The summed E-state index contributed by atoms with van der Waals surface area (Å²) in [4.78, 5) is 10.9. The predicted molar refractivity (Wildman–Crippen MR) is 57.7 cm³/mol. The molecule has 3 nitrogen and oxygen atoms in total. The third-order valence-corrected chi connectivity index (χ3v) is 1.97. The SMILES string of the molecule is CCOC(=O)C(F)(F)COCc1ccccc1. The molecule has 0 aliphatic rings. The maximum Gasteiger partial charge on any atom is 0.379 e. The zero-order valence-electron chi connectivity index (χ0n) is 9.49. The van der Waals surface area contributed by atoms with Crippen LogP contribution in [0.15, 0.2) is 30.3 Å². The van der Waals surface area contributed by atoms with E-state index in [1.165, 1.54) is 6.92 Å². The number of hydrogen-bond acceptors (Lipinski definition) is 3. The molecule has 1 aromatic carbocycles. The van der Waals surface area contributed by atoms with Crippen LogP contribution in [-0.2, 0) is 20.9 Å². The number of rotatable bonds is 6. The molecule has 5 heteroatoms. The van der Waals surface area contributed by atoms with E-state index in [4.69, 9.17) is 4.74 Å². The van der Waals surface area contributed by atoms with Crippen LogP contribution in [0.1, 0.15) is 12.5 Å². The van der Waals surface area contributed by atoms with Gasteiger partial charge in [0.2, 0.25) is 0 Å². The maximum absolute atomic E-state index is 13.1. The second-order valence-electron chi connectivity index (χ2n) is 3.40. The molecule has 0 atom stereocenters. The van der Waals surface area contributed by atoms with Crippen molar-refractivity contribution in [2.45, 2.75) is 19.5 Å². The Hall–Kier alpha value is -1.49. The third-order valence-electron chi connectivity index (χ3n) is 1.97. The van der Waals surface area contributed by atoms with Gasteiger partial charge in [-0.1, -0.05) is 30.3 Å². The van der Waals surface area contributed by atoms with Crippen molar-refractivity contribution in [3.8, 4) is 0 Å². The molecule has 0 amide bonds. The number of alkyl halides is 2. The zero-order chi connectivity index (χ0) is 12.7. The Balaban J connectivity index is 2.37. The Kier molecular flexibility index (Phi) is 5.03. The Morgan fingerprint density at radius 3 is 2.53 bits per heavy atom. The van der Waals surface area contributed by atoms with Crippen LogP contribution in [-0.4, -0.2) is 25.1 Å². The Labute approximate surface area is 98.3 Å². The lowest BCUT2D eigenvalue weighted by Crippen LogP contribution is -2.35. The molecular formula is C12H14F2O3. The van der Waals surface area contributed by atoms with Gasteiger partial charge in [0.25, 0.3) is 0 Å². The molecule has 1 aromatic rings. The maximum atomic E-state index is 13.1. The Morgan fingerprint density at radius 1 is 1.29 bits per heavy atom. The minimum Gasteiger partial charge on any atom is -0.461 e. The molecule has 0 fully saturated rings. The molecule has 0 N–H and O–H groups in total. The van der Waals surface area contributed by atoms with Crippen LogP contribution < -0.4 is 0 Å². The monoisotopic (exact) mass is 244 g/mol. The van der Waals surface area contributed by atoms with Crippen LogP contribution in [0, 0.1) is 0 Å². The van der Waals surface area contributed by atoms with Crippen molar-refractivity contribution in [1.29, 1.82) is 0 Å². The van der Waals surface area contributed by atoms with Crippen molar-refractivity contribution in [2.24, 2.45) is 0 Å². The zero-order valence-corrected chi connectivity index (χ0v) is 9.49. The highest BCUT2D eigenvalue weighted by atomic mass is 19.3. The van der Waals surface area contributed by atoms with Gasteiger partial charge >= 0.3 is 11.9 Å². The average Bonchev–Trinajstić information content (AvgIpc) is 2.30. The molecule has 0 aliphatic heterocycles. The van der Waals surface area contributed by atoms with E-state index in [0.29, 0.717) is 0 Å². The largest absolute Gasteiger partial charge is 0.461 e. The summed E-state index contributed by atoms with van der Waals surface area (Å²) in [6.45, 7) is 0.461. The number of halogens is 2. The summed E-state index contributed by atoms with van der Waals surface area (Å²) in [6.07, 6.45) is 0. The van der Waals surface area contributed by atoms with Gasteiger partial charge in [-0.3, -0.25) is 0 Å². The van der Waals surface area contributed by atoms with Gasteiger partial charge in [0, 0.05) is 0 Å². The fourth-order valence-corrected chi connectivity index (χ4v) is 1.17. The van der Waals surface area contributed by atoms with E-state index in [1.54, 1.807) is 24.3 Å². The molecule has 1 rings (SSSR count). The molecule has 0 saturated heterocycles. The minimum atomic E-state index is -3.59. The lowest BCUT2D eigenvalue weighted by atomic mass is 10.2. The average molecular weight is 244 g/mol. The van der Waals surface area contributed by atoms with Gasteiger partial charge in [-0.2, -0.15) is 8.78 Å². The van der Waals surface area contributed by atoms with Crippen molar-refractivity contribution in [3.63, 3.8) is 0 Å². The molecule has 94 valence electrons. The fourth-order valence-electron chi connectivity index (χ4n) is 1.17. The Morgan fingerprint density at radius 2 is 1.94 bits per heavy atom. The van der Waals surface area contributed by atoms with Crippen molar-refractivity contribution in [2.75, 3.05) is 13.2 Å². The second kappa shape index (κ2) is 6.30. The lowest BCUT2D eigenvalue weighted by Gasteiger charge is -2.14. The molecule has 17 heavy (non-hydrogen) atoms. The standard InChI is InChI=1S/C12H14F2O3/c1-2-17-11(15)12(13,14)9-16-8-10-6-4-3-5-7-10/h3-7H,2,8-9H2,1H3. The van der Waals surface area contributed by atoms with Crippen molar-refractivity contribution in [1.82, 2.24) is 0 Å². The number of carbonyl (C=O) groups is 1. The summed E-state index contributed by atoms with van der Waals surface area (Å²) in [5, 5.41) is 0. The second-order valence-corrected chi connectivity index (χ2v) is 3.40. The molecular weight excluding hydrogens is 230 g/mol. The van der Waals surface area contributed by atoms with Gasteiger partial charge in [0.1, 0.15) is 6.61 Å². The summed E-state index contributed by atoms with van der Waals surface area (Å²) in [5.74, 6) is -5.14. The van der Waals surface area contributed by atoms with E-state index in [9.17, 15) is 13.6 Å². The fraction of sp³-hybridized carbons (Fsp3) is 0.417. The van der Waals surface area contributed by atoms with Gasteiger partial charge in [-0.05, 0) is 12.5 Å². The molecule has 0 heterocycles. The van der Waals surface area contributed by atoms with E-state index < -0.39 is 18.5 Å². The molecule has 0 aliphatic carbocycles. The van der Waals surface area contributed by atoms with Crippen LogP contribution in [0.5, 0.6) is 0 Å². The van der Waals surface area contributed by atoms with Gasteiger partial charge < -0.3 is 9.47 Å². The number of carbonyl (C=O) groups excluding carboxylic acids is 1. The Bertz CT molecular complexity index is 352. The molecule has 0 saturated carbocycles. The predicted octanol–water partition coefficient (Wildman–Crippen LogP) is 2.40. The van der Waals surface area contributed by atoms with Gasteiger partial charge in [0.15, 0.2) is 0 Å². The van der Waals surface area contributed by atoms with Crippen LogP contribution in [0.25, 0.3) is 0 Å². The highest BCUT2D eigenvalue weighted by Gasteiger charge is 2.40. The lowest BCUT2D eigenvalue weighted by molar-refractivity contribution is -0.180. The molecule has 0 aromatic heterocycles. The molecule has 0 unspecified atom stereocenters. The smallest absolute Gasteiger partial charge is 0.379 e. The quantitative estimate of drug-likeness (QED) is 0.721. The summed E-state index contributed by atoms with van der Waals surface area (Å²) in [6, 6.07) is 8.88. The van der Waals surface area contributed by atoms with E-state index in [2.05, 4.69) is 4.74 Å². The highest BCUT2D eigenvalue weighted by molar-refractivity contribution is 5.77. The first-order chi connectivity index (χ1) is 8.06. The van der Waals surface area contributed by atoms with E-state index in [-0.39, 0.29) is 13.2 Å². The van der Waals surface area contributed by atoms with Crippen molar-refractivity contribution in [3.05, 3.63) is 35.9 Å². The van der Waals surface area contributed by atoms with Crippen LogP contribution in [0.3, 0.4) is 0 Å². The van der Waals surface area contributed by atoms with Gasteiger partial charge in [-0.15, -0.1) is 0 Å². The summed E-state index contributed by atoms with van der Waals surface area (Å²) in [7, 11) is 0. The van der Waals surface area contributed by atoms with Crippen molar-refractivity contribution >= 4 is 5.97 Å². The summed E-state index contributed by atoms with van der Waals surface area (Å²) < 4.78 is 35.3. The third kappa shape index (κ3) is 4.48. The molecule has 0 bridgehead atoms. The van der Waals surface area contributed by atoms with Crippen LogP contribution in [0.4, 0.5) is 8.78 Å². The minimum absolute atomic E-state index is 0.0375.